The van der Waals surface area contributed by atoms with Crippen LogP contribution in [0.3, 0.4) is 0 Å². The molecule has 1 aromatic carbocycles. The number of hydrogen-bond donors (Lipinski definition) is 2. The number of nitrogens with zero attached hydrogens (tertiary/aromatic N) is 3. The van der Waals surface area contributed by atoms with Gasteiger partial charge in [-0.25, -0.2) is 9.48 Å². The van der Waals surface area contributed by atoms with Crippen LogP contribution in [0.5, 0.6) is 0 Å². The summed E-state index contributed by atoms with van der Waals surface area (Å²) in [5.74, 6) is -1.53. The molecule has 7 nitrogen and oxygen atoms in total. The summed E-state index contributed by atoms with van der Waals surface area (Å²) in [6, 6.07) is 5.67. The molecule has 0 spiro atoms. The van der Waals surface area contributed by atoms with Crippen molar-refractivity contribution in [2.24, 2.45) is 0 Å². The number of rotatable bonds is 4. The van der Waals surface area contributed by atoms with E-state index in [1.807, 2.05) is 32.0 Å². The van der Waals surface area contributed by atoms with Crippen LogP contribution in [0.4, 0.5) is 5.69 Å². The summed E-state index contributed by atoms with van der Waals surface area (Å²) in [6.45, 7) is 3.67. The Morgan fingerprint density at radius 1 is 1.25 bits per heavy atom. The van der Waals surface area contributed by atoms with E-state index in [0.29, 0.717) is 5.69 Å². The third kappa shape index (κ3) is 3.19. The molecule has 20 heavy (non-hydrogen) atoms. The van der Waals surface area contributed by atoms with Crippen molar-refractivity contribution in [2.45, 2.75) is 20.4 Å². The highest BCUT2D eigenvalue weighted by Crippen LogP contribution is 2.13. The van der Waals surface area contributed by atoms with E-state index >= 15 is 0 Å². The SMILES string of the molecule is Cc1cc(C)cc(NC(=O)Cn2nncc2C(=O)O)c1. The molecular formula is C13H14N4O3. The van der Waals surface area contributed by atoms with E-state index < -0.39 is 5.97 Å². The number of hydrogen-bond acceptors (Lipinski definition) is 4. The van der Waals surface area contributed by atoms with Crippen molar-refractivity contribution in [3.05, 3.63) is 41.2 Å². The van der Waals surface area contributed by atoms with E-state index in [4.69, 9.17) is 5.11 Å². The summed E-state index contributed by atoms with van der Waals surface area (Å²) in [5, 5.41) is 18.7. The van der Waals surface area contributed by atoms with Gasteiger partial charge in [0.15, 0.2) is 5.69 Å². The maximum absolute atomic E-state index is 11.9. The lowest BCUT2D eigenvalue weighted by molar-refractivity contribution is -0.116. The summed E-state index contributed by atoms with van der Waals surface area (Å²) < 4.78 is 1.04. The van der Waals surface area contributed by atoms with Crippen molar-refractivity contribution in [3.63, 3.8) is 0 Å². The van der Waals surface area contributed by atoms with Gasteiger partial charge in [-0.3, -0.25) is 4.79 Å². The molecule has 2 rings (SSSR count). The Kier molecular flexibility index (Phi) is 3.79. The van der Waals surface area contributed by atoms with Gasteiger partial charge in [-0.2, -0.15) is 0 Å². The van der Waals surface area contributed by atoms with E-state index in [1.165, 1.54) is 0 Å². The summed E-state index contributed by atoms with van der Waals surface area (Å²) in [6.07, 6.45) is 1.10. The molecule has 1 aromatic heterocycles. The van der Waals surface area contributed by atoms with Gasteiger partial charge in [0.05, 0.1) is 6.20 Å². The van der Waals surface area contributed by atoms with Crippen LogP contribution in [-0.2, 0) is 11.3 Å². The summed E-state index contributed by atoms with van der Waals surface area (Å²) >= 11 is 0. The van der Waals surface area contributed by atoms with Crippen LogP contribution in [-0.4, -0.2) is 32.0 Å². The molecule has 0 atom stereocenters. The number of amides is 1. The second-order valence-corrected chi connectivity index (χ2v) is 4.51. The first-order valence-corrected chi connectivity index (χ1v) is 5.95. The van der Waals surface area contributed by atoms with Gasteiger partial charge < -0.3 is 10.4 Å². The maximum atomic E-state index is 11.9. The third-order valence-corrected chi connectivity index (χ3v) is 2.64. The number of anilines is 1. The van der Waals surface area contributed by atoms with Crippen LogP contribution in [0, 0.1) is 13.8 Å². The topological polar surface area (TPSA) is 97.1 Å². The lowest BCUT2D eigenvalue weighted by Crippen LogP contribution is -2.22. The zero-order valence-corrected chi connectivity index (χ0v) is 11.1. The molecule has 0 aliphatic rings. The molecule has 2 aromatic rings. The van der Waals surface area contributed by atoms with Crippen molar-refractivity contribution < 1.29 is 14.7 Å². The zero-order chi connectivity index (χ0) is 14.7. The normalized spacial score (nSPS) is 10.3. The van der Waals surface area contributed by atoms with Crippen molar-refractivity contribution in [1.29, 1.82) is 0 Å². The van der Waals surface area contributed by atoms with Crippen LogP contribution in [0.25, 0.3) is 0 Å². The number of carboxylic acid groups (broad SMARTS) is 1. The average molecular weight is 274 g/mol. The minimum atomic E-state index is -1.17. The van der Waals surface area contributed by atoms with Gasteiger partial charge in [-0.05, 0) is 37.1 Å². The van der Waals surface area contributed by atoms with Crippen LogP contribution in [0.2, 0.25) is 0 Å². The molecule has 0 bridgehead atoms. The maximum Gasteiger partial charge on any atom is 0.355 e. The van der Waals surface area contributed by atoms with Crippen LogP contribution in [0.15, 0.2) is 24.4 Å². The molecule has 7 heteroatoms. The molecule has 0 aliphatic heterocycles. The number of nitrogens with one attached hydrogen (secondary N) is 1. The van der Waals surface area contributed by atoms with E-state index in [0.717, 1.165) is 22.0 Å². The summed E-state index contributed by atoms with van der Waals surface area (Å²) in [5.41, 5.74) is 2.62. The smallest absolute Gasteiger partial charge is 0.355 e. The van der Waals surface area contributed by atoms with Crippen LogP contribution in [0.1, 0.15) is 21.6 Å². The molecule has 1 heterocycles. The molecule has 0 fully saturated rings. The Labute approximate surface area is 115 Å². The largest absolute Gasteiger partial charge is 0.476 e. The summed E-state index contributed by atoms with van der Waals surface area (Å²) in [4.78, 5) is 22.8. The zero-order valence-electron chi connectivity index (χ0n) is 11.1. The van der Waals surface area contributed by atoms with Crippen LogP contribution >= 0.6 is 0 Å². The molecule has 0 radical (unpaired) electrons. The van der Waals surface area contributed by atoms with E-state index in [2.05, 4.69) is 15.6 Å². The van der Waals surface area contributed by atoms with E-state index in [9.17, 15) is 9.59 Å². The Morgan fingerprint density at radius 2 is 1.90 bits per heavy atom. The van der Waals surface area contributed by atoms with Gasteiger partial charge in [0.25, 0.3) is 0 Å². The quantitative estimate of drug-likeness (QED) is 0.874. The van der Waals surface area contributed by atoms with Crippen molar-refractivity contribution in [2.75, 3.05) is 5.32 Å². The Bertz CT molecular complexity index is 643. The second kappa shape index (κ2) is 5.52. The number of carbonyl (C=O) groups excluding carboxylic acids is 1. The van der Waals surface area contributed by atoms with E-state index in [1.54, 1.807) is 0 Å². The molecule has 1 amide bonds. The Balaban J connectivity index is 2.09. The molecule has 0 saturated heterocycles. The monoisotopic (exact) mass is 274 g/mol. The fourth-order valence-electron chi connectivity index (χ4n) is 1.92. The summed E-state index contributed by atoms with van der Waals surface area (Å²) in [7, 11) is 0. The predicted octanol–water partition coefficient (Wildman–Crippen LogP) is 1.23. The minimum absolute atomic E-state index is 0.124. The fraction of sp³-hybridized carbons (Fsp3) is 0.231. The van der Waals surface area contributed by atoms with Gasteiger partial charge in [0, 0.05) is 5.69 Å². The molecule has 2 N–H and O–H groups in total. The number of carbonyl (C=O) groups is 2. The first-order chi connectivity index (χ1) is 9.45. The predicted molar refractivity (Wildman–Crippen MR) is 71.5 cm³/mol. The lowest BCUT2D eigenvalue weighted by atomic mass is 10.1. The highest BCUT2D eigenvalue weighted by molar-refractivity contribution is 5.92. The number of aromatic carboxylic acids is 1. The number of aryl methyl sites for hydroxylation is 2. The first-order valence-electron chi connectivity index (χ1n) is 5.95. The van der Waals surface area contributed by atoms with Gasteiger partial charge in [-0.1, -0.05) is 11.3 Å². The molecule has 0 saturated carbocycles. The number of carboxylic acids is 1. The Morgan fingerprint density at radius 3 is 2.50 bits per heavy atom. The molecule has 104 valence electrons. The molecular weight excluding hydrogens is 260 g/mol. The standard InChI is InChI=1S/C13H14N4O3/c1-8-3-9(2)5-10(4-8)15-12(18)7-17-11(13(19)20)6-14-16-17/h3-6H,7H2,1-2H3,(H,15,18)(H,19,20). The van der Waals surface area contributed by atoms with Gasteiger partial charge in [0.1, 0.15) is 6.54 Å². The minimum Gasteiger partial charge on any atom is -0.476 e. The van der Waals surface area contributed by atoms with E-state index in [-0.39, 0.29) is 18.1 Å². The average Bonchev–Trinajstić information content (AvgIpc) is 2.75. The van der Waals surface area contributed by atoms with Crippen molar-refractivity contribution in [3.8, 4) is 0 Å². The van der Waals surface area contributed by atoms with Crippen LogP contribution < -0.4 is 5.32 Å². The fourth-order valence-corrected chi connectivity index (χ4v) is 1.92. The first kappa shape index (κ1) is 13.7. The highest BCUT2D eigenvalue weighted by Gasteiger charge is 2.14. The van der Waals surface area contributed by atoms with Gasteiger partial charge in [0.2, 0.25) is 5.91 Å². The number of benzene rings is 1. The van der Waals surface area contributed by atoms with Crippen molar-refractivity contribution >= 4 is 17.6 Å². The third-order valence-electron chi connectivity index (χ3n) is 2.64. The molecule has 0 aliphatic carbocycles. The molecule has 0 unspecified atom stereocenters. The van der Waals surface area contributed by atoms with Crippen molar-refractivity contribution in [1.82, 2.24) is 15.0 Å². The lowest BCUT2D eigenvalue weighted by Gasteiger charge is -2.08. The Hall–Kier alpha value is -2.70. The van der Waals surface area contributed by atoms with Gasteiger partial charge >= 0.3 is 5.97 Å². The highest BCUT2D eigenvalue weighted by atomic mass is 16.4. The second-order valence-electron chi connectivity index (χ2n) is 4.51. The van der Waals surface area contributed by atoms with Gasteiger partial charge in [-0.15, -0.1) is 5.10 Å². The number of aromatic nitrogens is 3.